The zero-order valence-corrected chi connectivity index (χ0v) is 18.1. The normalized spacial score (nSPS) is 12.2. The van der Waals surface area contributed by atoms with Crippen LogP contribution in [-0.4, -0.2) is 20.5 Å². The molecule has 7 heteroatoms. The molecule has 164 valence electrons. The molecule has 0 fully saturated rings. The number of para-hydroxylation sites is 1. The second-order valence-electron chi connectivity index (χ2n) is 8.00. The van der Waals surface area contributed by atoms with Gasteiger partial charge in [-0.15, -0.1) is 0 Å². The number of aromatic carboxylic acids is 1. The van der Waals surface area contributed by atoms with Gasteiger partial charge in [-0.2, -0.15) is 0 Å². The molecule has 33 heavy (non-hydrogen) atoms. The van der Waals surface area contributed by atoms with Crippen molar-refractivity contribution >= 4 is 28.1 Å². The SMILES string of the molecule is Cc1cc(C(C)Nc2ccccc2C(=O)O)c2oc(-c3nccn4cccc34)cc(=O)c2c1. The summed E-state index contributed by atoms with van der Waals surface area (Å²) in [5.74, 6) is -0.639. The van der Waals surface area contributed by atoms with E-state index in [2.05, 4.69) is 10.3 Å². The van der Waals surface area contributed by atoms with Gasteiger partial charge < -0.3 is 19.2 Å². The number of hydrogen-bond donors (Lipinski definition) is 2. The van der Waals surface area contributed by atoms with Crippen molar-refractivity contribution in [3.63, 3.8) is 0 Å². The van der Waals surface area contributed by atoms with Crippen molar-refractivity contribution in [2.75, 3.05) is 5.32 Å². The molecule has 0 radical (unpaired) electrons. The van der Waals surface area contributed by atoms with Crippen molar-refractivity contribution < 1.29 is 14.3 Å². The summed E-state index contributed by atoms with van der Waals surface area (Å²) in [5.41, 5.74) is 4.02. The summed E-state index contributed by atoms with van der Waals surface area (Å²) < 4.78 is 8.21. The monoisotopic (exact) mass is 439 g/mol. The van der Waals surface area contributed by atoms with Gasteiger partial charge in [0.1, 0.15) is 11.3 Å². The fourth-order valence-electron chi connectivity index (χ4n) is 4.14. The Bertz CT molecular complexity index is 1580. The van der Waals surface area contributed by atoms with Gasteiger partial charge in [0.2, 0.25) is 0 Å². The summed E-state index contributed by atoms with van der Waals surface area (Å²) in [6.07, 6.45) is 5.40. The standard InChI is InChI=1S/C26H21N3O4/c1-15-12-18(16(2)28-20-7-4-3-6-17(20)26(31)32)25-19(13-15)22(30)14-23(33-25)24-21-8-5-10-29(21)11-9-27-24/h3-14,16,28H,1-2H3,(H,31,32). The third-order valence-electron chi connectivity index (χ3n) is 5.68. The fourth-order valence-corrected chi connectivity index (χ4v) is 4.14. The third kappa shape index (κ3) is 3.63. The maximum atomic E-state index is 13.1. The summed E-state index contributed by atoms with van der Waals surface area (Å²) in [5, 5.41) is 13.3. The molecule has 0 spiro atoms. The Morgan fingerprint density at radius 2 is 1.94 bits per heavy atom. The molecule has 1 unspecified atom stereocenters. The molecule has 3 aromatic heterocycles. The highest BCUT2D eigenvalue weighted by molar-refractivity contribution is 5.94. The van der Waals surface area contributed by atoms with Crippen molar-refractivity contribution in [1.82, 2.24) is 9.38 Å². The van der Waals surface area contributed by atoms with Crippen LogP contribution in [0.2, 0.25) is 0 Å². The lowest BCUT2D eigenvalue weighted by atomic mass is 10.0. The van der Waals surface area contributed by atoms with Crippen LogP contribution in [0.25, 0.3) is 27.9 Å². The van der Waals surface area contributed by atoms with Gasteiger partial charge in [-0.1, -0.05) is 18.2 Å². The molecule has 0 aliphatic rings. The Kier molecular flexibility index (Phi) is 4.94. The number of rotatable bonds is 5. The second-order valence-corrected chi connectivity index (χ2v) is 8.00. The van der Waals surface area contributed by atoms with Gasteiger partial charge in [0.05, 0.1) is 22.5 Å². The summed E-state index contributed by atoms with van der Waals surface area (Å²) in [6.45, 7) is 3.82. The number of hydrogen-bond acceptors (Lipinski definition) is 5. The smallest absolute Gasteiger partial charge is 0.337 e. The molecule has 0 saturated heterocycles. The van der Waals surface area contributed by atoms with Gasteiger partial charge in [-0.25, -0.2) is 9.78 Å². The number of carbonyl (C=O) groups is 1. The first-order chi connectivity index (χ1) is 15.9. The Hall–Kier alpha value is -4.39. The van der Waals surface area contributed by atoms with E-state index in [0.717, 1.165) is 16.6 Å². The number of aryl methyl sites for hydroxylation is 1. The first-order valence-electron chi connectivity index (χ1n) is 10.5. The number of nitrogens with one attached hydrogen (secondary N) is 1. The Morgan fingerprint density at radius 1 is 1.12 bits per heavy atom. The van der Waals surface area contributed by atoms with Crippen LogP contribution < -0.4 is 10.7 Å². The highest BCUT2D eigenvalue weighted by Gasteiger charge is 2.19. The minimum absolute atomic E-state index is 0.162. The molecule has 7 nitrogen and oxygen atoms in total. The van der Waals surface area contributed by atoms with Gasteiger partial charge in [-0.05, 0) is 49.7 Å². The summed E-state index contributed by atoms with van der Waals surface area (Å²) in [7, 11) is 0. The summed E-state index contributed by atoms with van der Waals surface area (Å²) in [4.78, 5) is 29.2. The van der Waals surface area contributed by atoms with E-state index in [-0.39, 0.29) is 17.0 Å². The first-order valence-corrected chi connectivity index (χ1v) is 10.5. The topological polar surface area (TPSA) is 96.8 Å². The molecule has 0 amide bonds. The van der Waals surface area contributed by atoms with Crippen LogP contribution in [0.3, 0.4) is 0 Å². The number of benzene rings is 2. The number of carboxylic acid groups (broad SMARTS) is 1. The lowest BCUT2D eigenvalue weighted by Crippen LogP contribution is -2.12. The fraction of sp³-hybridized carbons (Fsp3) is 0.115. The molecular formula is C26H21N3O4. The molecule has 5 rings (SSSR count). The minimum atomic E-state index is -1.01. The van der Waals surface area contributed by atoms with Crippen molar-refractivity contribution in [1.29, 1.82) is 0 Å². The second kappa shape index (κ2) is 7.94. The van der Waals surface area contributed by atoms with Crippen molar-refractivity contribution in [3.8, 4) is 11.5 Å². The van der Waals surface area contributed by atoms with Crippen LogP contribution in [0.15, 0.2) is 82.4 Å². The van der Waals surface area contributed by atoms with E-state index < -0.39 is 5.97 Å². The van der Waals surface area contributed by atoms with E-state index in [1.165, 1.54) is 6.07 Å². The number of anilines is 1. The van der Waals surface area contributed by atoms with Crippen molar-refractivity contribution in [2.24, 2.45) is 0 Å². The quantitative estimate of drug-likeness (QED) is 0.386. The maximum absolute atomic E-state index is 13.1. The van der Waals surface area contributed by atoms with E-state index in [4.69, 9.17) is 4.42 Å². The van der Waals surface area contributed by atoms with Gasteiger partial charge >= 0.3 is 5.97 Å². The minimum Gasteiger partial charge on any atom is -0.478 e. The predicted octanol–water partition coefficient (Wildman–Crippen LogP) is 5.29. The molecule has 1 atom stereocenters. The number of nitrogens with zero attached hydrogens (tertiary/aromatic N) is 2. The van der Waals surface area contributed by atoms with Crippen LogP contribution in [0.4, 0.5) is 5.69 Å². The van der Waals surface area contributed by atoms with Gasteiger partial charge in [0.15, 0.2) is 11.2 Å². The lowest BCUT2D eigenvalue weighted by Gasteiger charge is -2.19. The van der Waals surface area contributed by atoms with E-state index in [1.54, 1.807) is 36.5 Å². The Morgan fingerprint density at radius 3 is 2.76 bits per heavy atom. The van der Waals surface area contributed by atoms with E-state index >= 15 is 0 Å². The summed E-state index contributed by atoms with van der Waals surface area (Å²) in [6, 6.07) is 15.4. The lowest BCUT2D eigenvalue weighted by molar-refractivity contribution is 0.0698. The highest BCUT2D eigenvalue weighted by Crippen LogP contribution is 2.31. The molecule has 0 aliphatic heterocycles. The molecule has 2 aromatic carbocycles. The molecule has 0 bridgehead atoms. The molecule has 0 saturated carbocycles. The van der Waals surface area contributed by atoms with Crippen LogP contribution in [-0.2, 0) is 0 Å². The number of fused-ring (bicyclic) bond motifs is 2. The van der Waals surface area contributed by atoms with E-state index in [1.807, 2.05) is 48.8 Å². The van der Waals surface area contributed by atoms with E-state index in [9.17, 15) is 14.7 Å². The van der Waals surface area contributed by atoms with Gasteiger partial charge in [0.25, 0.3) is 0 Å². The van der Waals surface area contributed by atoms with Gasteiger partial charge in [0, 0.05) is 35.9 Å². The van der Waals surface area contributed by atoms with Gasteiger partial charge in [-0.3, -0.25) is 4.79 Å². The third-order valence-corrected chi connectivity index (χ3v) is 5.68. The highest BCUT2D eigenvalue weighted by atomic mass is 16.4. The average Bonchev–Trinajstić information content (AvgIpc) is 3.28. The molecule has 2 N–H and O–H groups in total. The van der Waals surface area contributed by atoms with E-state index in [0.29, 0.717) is 28.1 Å². The zero-order chi connectivity index (χ0) is 23.1. The average molecular weight is 439 g/mol. The zero-order valence-electron chi connectivity index (χ0n) is 18.1. The number of aromatic nitrogens is 2. The van der Waals surface area contributed by atoms with Crippen LogP contribution in [0.5, 0.6) is 0 Å². The van der Waals surface area contributed by atoms with Crippen molar-refractivity contribution in [3.05, 3.63) is 100 Å². The molecule has 3 heterocycles. The Labute approximate surface area is 188 Å². The molecule has 5 aromatic rings. The molecule has 0 aliphatic carbocycles. The van der Waals surface area contributed by atoms with Crippen LogP contribution in [0.1, 0.15) is 34.5 Å². The van der Waals surface area contributed by atoms with Crippen molar-refractivity contribution in [2.45, 2.75) is 19.9 Å². The van der Waals surface area contributed by atoms with Crippen LogP contribution in [0, 0.1) is 6.92 Å². The predicted molar refractivity (Wildman–Crippen MR) is 127 cm³/mol. The van der Waals surface area contributed by atoms with Crippen LogP contribution >= 0.6 is 0 Å². The first kappa shape index (κ1) is 20.5. The maximum Gasteiger partial charge on any atom is 0.337 e. The number of carboxylic acids is 1. The molecular weight excluding hydrogens is 418 g/mol. The summed E-state index contributed by atoms with van der Waals surface area (Å²) >= 11 is 0. The largest absolute Gasteiger partial charge is 0.478 e. The Balaban J connectivity index is 1.67.